The van der Waals surface area contributed by atoms with Crippen LogP contribution in [0.4, 0.5) is 0 Å². The number of aliphatic hydroxyl groups excluding tert-OH is 1. The van der Waals surface area contributed by atoms with E-state index in [1.165, 1.54) is 133 Å². The van der Waals surface area contributed by atoms with Gasteiger partial charge in [-0.15, -0.1) is 0 Å². The van der Waals surface area contributed by atoms with E-state index in [-0.39, 0.29) is 44.6 Å². The van der Waals surface area contributed by atoms with E-state index in [4.69, 9.17) is 159 Å². The van der Waals surface area contributed by atoms with Gasteiger partial charge in [-0.3, -0.25) is 0 Å². The van der Waals surface area contributed by atoms with Crippen LogP contribution in [0.3, 0.4) is 0 Å². The van der Waals surface area contributed by atoms with E-state index in [2.05, 4.69) is 235 Å². The third kappa shape index (κ3) is 34.8. The summed E-state index contributed by atoms with van der Waals surface area (Å²) in [5.41, 5.74) is 31.4. The lowest BCUT2D eigenvalue weighted by molar-refractivity contribution is 0.263. The number of halogens is 2. The molecule has 0 aromatic heterocycles. The number of ether oxygens (including phenoxy) is 18. The van der Waals surface area contributed by atoms with E-state index >= 15 is 0 Å². The first kappa shape index (κ1) is 116. The van der Waals surface area contributed by atoms with Gasteiger partial charge in [0.1, 0.15) is 109 Å². The number of hydrogen-bond acceptors (Lipinski definition) is 25. The van der Waals surface area contributed by atoms with Crippen LogP contribution >= 0.6 is 112 Å². The molecule has 0 bridgehead atoms. The van der Waals surface area contributed by atoms with Crippen molar-refractivity contribution in [2.24, 2.45) is 0 Å². The minimum absolute atomic E-state index is 0.0219. The zero-order valence-electron chi connectivity index (χ0n) is 86.0. The van der Waals surface area contributed by atoms with E-state index in [0.717, 1.165) is 133 Å². The summed E-state index contributed by atoms with van der Waals surface area (Å²) in [5.74, 6) is 9.71. The van der Waals surface area contributed by atoms with E-state index in [0.29, 0.717) is 67.7 Å². The Morgan fingerprint density at radius 1 is 0.268 bits per heavy atom. The number of aryl methyl sites for hydroxylation is 20. The Kier molecular flexibility index (Phi) is 46.8. The van der Waals surface area contributed by atoms with Crippen LogP contribution in [0.5, 0.6) is 69.0 Å². The third-order valence-electron chi connectivity index (χ3n) is 23.9. The van der Waals surface area contributed by atoms with Gasteiger partial charge in [-0.25, -0.2) is 0 Å². The molecule has 142 heavy (non-hydrogen) atoms. The van der Waals surface area contributed by atoms with Gasteiger partial charge in [0.15, 0.2) is 0 Å². The predicted octanol–water partition coefficient (Wildman–Crippen LogP) is 29.6. The van der Waals surface area contributed by atoms with Crippen molar-refractivity contribution in [3.05, 3.63) is 346 Å². The lowest BCUT2D eigenvalue weighted by Gasteiger charge is -2.17. The lowest BCUT2D eigenvalue weighted by Crippen LogP contribution is -2.11. The second kappa shape index (κ2) is 57.3. The lowest BCUT2D eigenvalue weighted by atomic mass is 10.0. The molecule has 0 heterocycles. The summed E-state index contributed by atoms with van der Waals surface area (Å²) in [6, 6.07) is 59.9. The molecular formula is C115H130BrIO19S6. The van der Waals surface area contributed by atoms with Gasteiger partial charge in [-0.2, -0.15) is 0 Å². The van der Waals surface area contributed by atoms with Crippen LogP contribution in [0.15, 0.2) is 186 Å². The minimum Gasteiger partial charge on any atom is -0.488 e. The normalized spacial score (nSPS) is 10.9. The minimum atomic E-state index is -0.110. The van der Waals surface area contributed by atoms with Crippen molar-refractivity contribution in [2.45, 2.75) is 210 Å². The molecule has 0 spiro atoms. The molecule has 0 atom stereocenters. The molecule has 1 N–H and O–H groups in total. The van der Waals surface area contributed by atoms with Crippen LogP contribution in [0.1, 0.15) is 181 Å². The third-order valence-corrected chi connectivity index (χ3v) is 27.1. The number of hydrogen-bond donors (Lipinski definition) is 1. The topological polar surface area (TPSA) is 186 Å². The van der Waals surface area contributed by atoms with Crippen LogP contribution in [-0.4, -0.2) is 79.2 Å². The fourth-order valence-corrected chi connectivity index (χ4v) is 16.2. The molecule has 27 heteroatoms. The molecule has 1 aliphatic rings. The Morgan fingerprint density at radius 2 is 0.500 bits per heavy atom. The summed E-state index contributed by atoms with van der Waals surface area (Å²) in [4.78, 5) is 0. The average Bonchev–Trinajstić information content (AvgIpc) is 1.66. The van der Waals surface area contributed by atoms with E-state index in [9.17, 15) is 5.11 Å². The Bertz CT molecular complexity index is 6010. The fraction of sp³-hybridized carbons (Fsp3) is 0.322. The average molecular weight is 2220 g/mol. The van der Waals surface area contributed by atoms with Crippen molar-refractivity contribution in [2.75, 3.05) is 42.7 Å². The quantitative estimate of drug-likeness (QED) is 0.0378. The van der Waals surface area contributed by atoms with Gasteiger partial charge >= 0.3 is 31.4 Å². The van der Waals surface area contributed by atoms with Gasteiger partial charge in [-0.05, 0) is 387 Å². The molecule has 0 amide bonds. The summed E-state index contributed by atoms with van der Waals surface area (Å²) in [7, 11) is 8.93. The monoisotopic (exact) mass is 2210 g/mol. The highest BCUT2D eigenvalue weighted by atomic mass is 127. The molecule has 0 radical (unpaired) electrons. The Hall–Kier alpha value is -11.3. The first-order chi connectivity index (χ1) is 67.7. The number of thiocarbonyl (C=S) groups is 6. The second-order valence-electron chi connectivity index (χ2n) is 34.2. The van der Waals surface area contributed by atoms with Crippen molar-refractivity contribution in [1.82, 2.24) is 0 Å². The van der Waals surface area contributed by atoms with Gasteiger partial charge in [0.05, 0.1) is 49.3 Å². The van der Waals surface area contributed by atoms with Crippen LogP contribution < -0.4 is 56.8 Å². The van der Waals surface area contributed by atoms with Crippen LogP contribution in [-0.2, 0) is 81.1 Å². The fourth-order valence-electron chi connectivity index (χ4n) is 14.6. The van der Waals surface area contributed by atoms with Crippen molar-refractivity contribution >= 4 is 143 Å². The zero-order chi connectivity index (χ0) is 104. The Morgan fingerprint density at radius 3 is 0.810 bits per heavy atom. The number of aliphatic hydroxyl groups is 1. The first-order valence-electron chi connectivity index (χ1n) is 46.0. The maximum absolute atomic E-state index is 9.59. The Balaban J connectivity index is 0.000000209. The molecule has 0 unspecified atom stereocenters. The molecule has 12 aromatic rings. The number of methoxy groups -OCH3 is 6. The summed E-state index contributed by atoms with van der Waals surface area (Å²) < 4.78 is 101. The summed E-state index contributed by atoms with van der Waals surface area (Å²) in [6.07, 6.45) is 3.32. The molecule has 12 aromatic carbocycles. The summed E-state index contributed by atoms with van der Waals surface area (Å²) in [6.45, 7) is 43.7. The molecule has 1 saturated carbocycles. The molecule has 0 saturated heterocycles. The molecular weight excluding hydrogens is 2080 g/mol. The largest absolute Gasteiger partial charge is 0.488 e. The van der Waals surface area contributed by atoms with Crippen LogP contribution in [0, 0.1) is 135 Å². The van der Waals surface area contributed by atoms with Gasteiger partial charge in [0.2, 0.25) is 0 Å². The SMILES string of the molecule is CCc1cccc(OC(=S)OC)c1COc1cc(C)c(C)cc1C.COC(=S)Oc1cccc(Br)c1COc1cc(C)c(C)cc1C.COC(=S)Oc1cccc(C)c1COc1cc(C)c(C)cc1C.COC(=S)Oc1cccc(C2CC2)c1COc1cc(C)c(C)cc1C.COC(=S)Oc1cccc(CO)c1COc1cc(C)c(C)cc1C.COC(=S)Oc1cccc(I)c1COc1cc(C)c(C)cc1C. The number of rotatable bonds is 27. The van der Waals surface area contributed by atoms with Crippen molar-refractivity contribution in [3.63, 3.8) is 0 Å². The molecule has 1 aliphatic carbocycles. The van der Waals surface area contributed by atoms with Gasteiger partial charge in [-0.1, -0.05) is 120 Å². The van der Waals surface area contributed by atoms with Crippen LogP contribution in [0.25, 0.3) is 0 Å². The van der Waals surface area contributed by atoms with Crippen molar-refractivity contribution < 1.29 is 90.4 Å². The standard InChI is InChI=1S/C21H24O3S.C20H24O3S.C19H22O4S.C19H22O3S.C18H19BrO3S.C18H19IO3S/c1-13-10-15(3)20(11-14(13)2)23-12-18-17(16-8-9-16)6-5-7-19(18)24-21(25)22-4;1-6-16-8-7-9-18(23-20(24)21-5)17(16)12-22-19-11-14(3)13(2)10-15(19)4;1-12-8-14(3)18(9-13(12)2)22-11-16-15(10-20)6-5-7-17(16)23-19(24)21-4;1-12-7-6-8-17(22-19(23)20-5)16(12)11-21-18-10-14(3)13(2)9-15(18)4;2*1-11-8-13(3)17(9-12(11)2)21-10-14-15(19)6-5-7-16(14)22-18(23)20-4/h5-7,10-11,16H,8-9,12H2,1-4H3;7-11H,6,12H2,1-5H3;5-9,20H,10-11H2,1-4H3;6-10H,11H2,1-5H3;2*5-9H,10H2,1-4H3. The first-order valence-corrected chi connectivity index (χ1v) is 50.4. The highest BCUT2D eigenvalue weighted by Crippen LogP contribution is 2.45. The maximum Gasteiger partial charge on any atom is 0.357 e. The smallest absolute Gasteiger partial charge is 0.357 e. The summed E-state index contributed by atoms with van der Waals surface area (Å²) >= 11 is 35.8. The second-order valence-corrected chi connectivity index (χ2v) is 38.2. The van der Waals surface area contributed by atoms with Crippen molar-refractivity contribution in [1.29, 1.82) is 0 Å². The highest BCUT2D eigenvalue weighted by molar-refractivity contribution is 14.1. The molecule has 0 aliphatic heterocycles. The zero-order valence-corrected chi connectivity index (χ0v) is 94.6. The van der Waals surface area contributed by atoms with Crippen molar-refractivity contribution in [3.8, 4) is 69.0 Å². The molecule has 1 fully saturated rings. The highest BCUT2D eigenvalue weighted by Gasteiger charge is 2.29. The van der Waals surface area contributed by atoms with E-state index < -0.39 is 0 Å². The summed E-state index contributed by atoms with van der Waals surface area (Å²) in [5, 5.41) is 10.1. The number of benzene rings is 12. The van der Waals surface area contributed by atoms with E-state index in [1.807, 2.05) is 112 Å². The van der Waals surface area contributed by atoms with E-state index in [1.54, 1.807) is 12.1 Å². The Labute approximate surface area is 893 Å². The maximum atomic E-state index is 9.59. The van der Waals surface area contributed by atoms with Gasteiger partial charge in [0, 0.05) is 115 Å². The van der Waals surface area contributed by atoms with Gasteiger partial charge < -0.3 is 90.4 Å². The van der Waals surface area contributed by atoms with Crippen LogP contribution in [0.2, 0.25) is 0 Å². The van der Waals surface area contributed by atoms with Gasteiger partial charge in [0.25, 0.3) is 0 Å². The predicted molar refractivity (Wildman–Crippen MR) is 602 cm³/mol. The molecule has 13 rings (SSSR count). The molecule has 19 nitrogen and oxygen atoms in total. The molecule has 754 valence electrons.